The number of carbonyl (C=O) groups excluding carboxylic acids is 1. The Kier molecular flexibility index (Phi) is 64.8. The summed E-state index contributed by atoms with van der Waals surface area (Å²) in [4.78, 5) is 13.2. The number of unbranched alkanes of at least 4 members (excludes halogenated alkanes) is 40. The van der Waals surface area contributed by atoms with Gasteiger partial charge in [-0.3, -0.25) is 4.79 Å². The van der Waals surface area contributed by atoms with Crippen molar-refractivity contribution in [1.29, 1.82) is 0 Å². The van der Waals surface area contributed by atoms with Crippen LogP contribution in [0.4, 0.5) is 0 Å². The molecule has 1 aliphatic rings. The van der Waals surface area contributed by atoms with Crippen LogP contribution in [0.25, 0.3) is 0 Å². The van der Waals surface area contributed by atoms with Crippen LogP contribution in [0.5, 0.6) is 0 Å². The Bertz CT molecular complexity index is 1800. The van der Waals surface area contributed by atoms with Crippen molar-refractivity contribution < 1.29 is 39.8 Å². The maximum absolute atomic E-state index is 13.2. The molecular weight excluding hydrogens is 1110 g/mol. The lowest BCUT2D eigenvalue weighted by atomic mass is 9.99. The van der Waals surface area contributed by atoms with Gasteiger partial charge in [0.25, 0.3) is 0 Å². The van der Waals surface area contributed by atoms with Gasteiger partial charge in [0.2, 0.25) is 5.91 Å². The monoisotopic (exact) mass is 1260 g/mol. The minimum absolute atomic E-state index is 0.176. The zero-order valence-electron chi connectivity index (χ0n) is 58.4. The second-order valence-corrected chi connectivity index (χ2v) is 26.1. The predicted molar refractivity (Wildman–Crippen MR) is 387 cm³/mol. The van der Waals surface area contributed by atoms with Gasteiger partial charge in [0.1, 0.15) is 24.4 Å². The highest BCUT2D eigenvalue weighted by Crippen LogP contribution is 2.23. The molecule has 0 aliphatic carbocycles. The molecule has 0 radical (unpaired) electrons. The molecule has 0 aromatic rings. The lowest BCUT2D eigenvalue weighted by Crippen LogP contribution is -2.60. The number of allylic oxidation sites excluding steroid dienone is 17. The maximum atomic E-state index is 13.2. The molecule has 0 bridgehead atoms. The lowest BCUT2D eigenvalue weighted by molar-refractivity contribution is -0.302. The number of nitrogens with one attached hydrogen (secondary N) is 1. The first-order chi connectivity index (χ1) is 44.3. The fraction of sp³-hybridized carbons (Fsp3) is 0.765. The van der Waals surface area contributed by atoms with E-state index >= 15 is 0 Å². The molecule has 7 atom stereocenters. The quantitative estimate of drug-likeness (QED) is 0.0261. The van der Waals surface area contributed by atoms with Crippen LogP contribution < -0.4 is 5.32 Å². The third-order valence-corrected chi connectivity index (χ3v) is 17.6. The van der Waals surface area contributed by atoms with Crippen LogP contribution in [-0.2, 0) is 14.3 Å². The van der Waals surface area contributed by atoms with E-state index in [1.54, 1.807) is 6.08 Å². The van der Waals surface area contributed by atoms with Crippen LogP contribution >= 0.6 is 0 Å². The van der Waals surface area contributed by atoms with E-state index in [9.17, 15) is 30.3 Å². The van der Waals surface area contributed by atoms with E-state index in [4.69, 9.17) is 9.47 Å². The molecule has 1 amide bonds. The Balaban J connectivity index is 2.11. The van der Waals surface area contributed by atoms with Crippen LogP contribution in [0.1, 0.15) is 341 Å². The summed E-state index contributed by atoms with van der Waals surface area (Å²) in [5.41, 5.74) is 0. The van der Waals surface area contributed by atoms with E-state index in [1.807, 2.05) is 6.08 Å². The molecule has 0 aromatic heterocycles. The SMILES string of the molecule is CC/C=C\C/C=C\C/C=C\C/C=C\C/C=C\C/C=C\C/C=C\C/C=C\CCCCCCCCCCCCCCCCC(=O)NC(COC1OC(CO)C(O)C(O)C1O)C(O)/C=C/CCCCCCCCCCCCCCCCCCCCCCCCCCCC. The van der Waals surface area contributed by atoms with Crippen LogP contribution in [0, 0.1) is 0 Å². The second kappa shape index (κ2) is 68.7. The zero-order valence-corrected chi connectivity index (χ0v) is 58.4. The third-order valence-electron chi connectivity index (χ3n) is 17.6. The molecule has 1 aliphatic heterocycles. The van der Waals surface area contributed by atoms with Gasteiger partial charge in [-0.25, -0.2) is 0 Å². The van der Waals surface area contributed by atoms with Crippen molar-refractivity contribution >= 4 is 5.91 Å². The van der Waals surface area contributed by atoms with Gasteiger partial charge in [-0.2, -0.15) is 0 Å². The molecule has 0 saturated carbocycles. The number of hydrogen-bond acceptors (Lipinski definition) is 8. The van der Waals surface area contributed by atoms with Crippen LogP contribution in [0.3, 0.4) is 0 Å². The molecule has 9 nitrogen and oxygen atoms in total. The Morgan fingerprint density at radius 1 is 0.389 bits per heavy atom. The standard InChI is InChI=1S/C81H143NO8/c1-3-5-7-9-11-13-15-17-19-21-23-25-27-29-31-33-34-35-36-37-38-39-40-41-42-43-45-47-49-51-53-55-57-59-61-63-65-67-69-71-77(85)82-74(73-89-81-80(88)79(87)78(86)76(72-83)90-81)75(84)70-68-66-64-62-60-58-56-54-52-50-48-46-44-32-30-28-26-24-22-20-18-16-14-12-10-8-6-4-2/h5,7,11,13,17,19,23,25,29,31,34-35,37-38,40-41,68,70,74-76,78-81,83-84,86-88H,3-4,6,8-10,12,14-16,18,20-22,24,26-28,30,32-33,36,39,42-67,69,71-73H2,1-2H3,(H,82,85)/b7-5-,13-11-,19-17-,25-23-,31-29-,35-34-,38-37-,41-40-,70-68+. The normalized spacial score (nSPS) is 18.4. The summed E-state index contributed by atoms with van der Waals surface area (Å²) in [6.07, 6.45) is 94.9. The van der Waals surface area contributed by atoms with Crippen molar-refractivity contribution in [2.24, 2.45) is 0 Å². The first-order valence-electron chi connectivity index (χ1n) is 38.1. The summed E-state index contributed by atoms with van der Waals surface area (Å²) in [6.45, 7) is 3.70. The van der Waals surface area contributed by atoms with Crippen LogP contribution in [0.15, 0.2) is 109 Å². The summed E-state index contributed by atoms with van der Waals surface area (Å²) < 4.78 is 11.3. The molecule has 520 valence electrons. The van der Waals surface area contributed by atoms with E-state index in [0.29, 0.717) is 6.42 Å². The van der Waals surface area contributed by atoms with Gasteiger partial charge >= 0.3 is 0 Å². The molecular formula is C81H143NO8. The first-order valence-corrected chi connectivity index (χ1v) is 38.1. The Morgan fingerprint density at radius 2 is 0.689 bits per heavy atom. The minimum atomic E-state index is -1.57. The van der Waals surface area contributed by atoms with Gasteiger partial charge in [-0.05, 0) is 83.5 Å². The molecule has 7 unspecified atom stereocenters. The average Bonchev–Trinajstić information content (AvgIpc) is 2.75. The Labute approximate surface area is 555 Å². The van der Waals surface area contributed by atoms with E-state index in [0.717, 1.165) is 89.9 Å². The van der Waals surface area contributed by atoms with E-state index < -0.39 is 49.5 Å². The fourth-order valence-electron chi connectivity index (χ4n) is 11.7. The zero-order chi connectivity index (χ0) is 64.9. The molecule has 1 saturated heterocycles. The number of aliphatic hydroxyl groups is 5. The van der Waals surface area contributed by atoms with Crippen molar-refractivity contribution in [3.63, 3.8) is 0 Å². The van der Waals surface area contributed by atoms with E-state index in [-0.39, 0.29) is 12.5 Å². The van der Waals surface area contributed by atoms with E-state index in [1.165, 1.54) is 231 Å². The lowest BCUT2D eigenvalue weighted by Gasteiger charge is -2.40. The van der Waals surface area contributed by atoms with E-state index in [2.05, 4.69) is 116 Å². The smallest absolute Gasteiger partial charge is 0.220 e. The van der Waals surface area contributed by atoms with Crippen LogP contribution in [-0.4, -0.2) is 87.5 Å². The number of rotatable bonds is 66. The number of aliphatic hydroxyl groups excluding tert-OH is 5. The molecule has 6 N–H and O–H groups in total. The van der Waals surface area contributed by atoms with Crippen molar-refractivity contribution in [2.45, 2.75) is 384 Å². The highest BCUT2D eigenvalue weighted by molar-refractivity contribution is 5.76. The number of carbonyl (C=O) groups is 1. The minimum Gasteiger partial charge on any atom is -0.394 e. The summed E-state index contributed by atoms with van der Waals surface area (Å²) in [5.74, 6) is -0.176. The Hall–Kier alpha value is -3.15. The largest absolute Gasteiger partial charge is 0.394 e. The molecule has 1 fully saturated rings. The highest BCUT2D eigenvalue weighted by atomic mass is 16.7. The number of ether oxygens (including phenoxy) is 2. The first kappa shape index (κ1) is 84.9. The molecule has 90 heavy (non-hydrogen) atoms. The Morgan fingerprint density at radius 3 is 1.02 bits per heavy atom. The van der Waals surface area contributed by atoms with Crippen LogP contribution in [0.2, 0.25) is 0 Å². The van der Waals surface area contributed by atoms with Gasteiger partial charge in [-0.1, -0.05) is 361 Å². The summed E-state index contributed by atoms with van der Waals surface area (Å²) in [7, 11) is 0. The third kappa shape index (κ3) is 56.4. The van der Waals surface area contributed by atoms with Gasteiger partial charge in [0.05, 0.1) is 25.4 Å². The maximum Gasteiger partial charge on any atom is 0.220 e. The second-order valence-electron chi connectivity index (χ2n) is 26.1. The molecule has 0 aromatic carbocycles. The van der Waals surface area contributed by atoms with Crippen molar-refractivity contribution in [2.75, 3.05) is 13.2 Å². The molecule has 1 heterocycles. The number of amides is 1. The van der Waals surface area contributed by atoms with Crippen molar-refractivity contribution in [3.8, 4) is 0 Å². The molecule has 0 spiro atoms. The van der Waals surface area contributed by atoms with Gasteiger partial charge in [0, 0.05) is 6.42 Å². The van der Waals surface area contributed by atoms with Gasteiger partial charge in [0.15, 0.2) is 6.29 Å². The topological polar surface area (TPSA) is 149 Å². The summed E-state index contributed by atoms with van der Waals surface area (Å²) >= 11 is 0. The number of hydrogen-bond donors (Lipinski definition) is 6. The molecule has 9 heteroatoms. The summed E-state index contributed by atoms with van der Waals surface area (Å²) in [6, 6.07) is -0.813. The highest BCUT2D eigenvalue weighted by Gasteiger charge is 2.44. The van der Waals surface area contributed by atoms with Gasteiger partial charge in [-0.15, -0.1) is 0 Å². The average molecular weight is 1260 g/mol. The molecule has 1 rings (SSSR count). The predicted octanol–water partition coefficient (Wildman–Crippen LogP) is 21.6. The van der Waals surface area contributed by atoms with Gasteiger partial charge < -0.3 is 40.3 Å². The van der Waals surface area contributed by atoms with Crippen molar-refractivity contribution in [3.05, 3.63) is 109 Å². The fourth-order valence-corrected chi connectivity index (χ4v) is 11.7. The van der Waals surface area contributed by atoms with Crippen molar-refractivity contribution in [1.82, 2.24) is 5.32 Å². The summed E-state index contributed by atoms with van der Waals surface area (Å²) in [5, 5.41) is 54.9.